The number of hydrogen-bond donors (Lipinski definition) is 3. The van der Waals surface area contributed by atoms with E-state index in [1.54, 1.807) is 0 Å². The number of amides is 1. The van der Waals surface area contributed by atoms with Crippen molar-refractivity contribution < 1.29 is 19.5 Å². The standard InChI is InChI=1S/C9H15NO4S2/c1-2-16-5-7(11)6(3-9(13)14)10-8(12)4-15/h6,15H,2-5H2,1H3,(H,10,12)(H,13,14)/t6-/m0/s1. The Kier molecular flexibility index (Phi) is 8.10. The zero-order valence-electron chi connectivity index (χ0n) is 8.93. The minimum absolute atomic E-state index is 0.0652. The molecule has 0 saturated heterocycles. The number of Topliss-reactive ketones (excluding diaryl/α,β-unsaturated/α-hetero) is 1. The first kappa shape index (κ1) is 15.3. The summed E-state index contributed by atoms with van der Waals surface area (Å²) in [5.41, 5.74) is 0. The van der Waals surface area contributed by atoms with E-state index in [0.717, 1.165) is 5.75 Å². The van der Waals surface area contributed by atoms with E-state index in [1.807, 2.05) is 6.92 Å². The van der Waals surface area contributed by atoms with Gasteiger partial charge in [-0.1, -0.05) is 6.92 Å². The van der Waals surface area contributed by atoms with Crippen LogP contribution in [0.4, 0.5) is 0 Å². The van der Waals surface area contributed by atoms with Crippen LogP contribution in [0.3, 0.4) is 0 Å². The van der Waals surface area contributed by atoms with E-state index >= 15 is 0 Å². The van der Waals surface area contributed by atoms with Gasteiger partial charge in [0.15, 0.2) is 5.78 Å². The van der Waals surface area contributed by atoms with Crippen LogP contribution < -0.4 is 5.32 Å². The summed E-state index contributed by atoms with van der Waals surface area (Å²) in [4.78, 5) is 33.1. The highest BCUT2D eigenvalue weighted by Gasteiger charge is 2.22. The largest absolute Gasteiger partial charge is 0.481 e. The van der Waals surface area contributed by atoms with Crippen molar-refractivity contribution in [2.45, 2.75) is 19.4 Å². The van der Waals surface area contributed by atoms with Crippen LogP contribution in [0, 0.1) is 0 Å². The third-order valence-corrected chi connectivity index (χ3v) is 2.88. The van der Waals surface area contributed by atoms with E-state index in [4.69, 9.17) is 5.11 Å². The lowest BCUT2D eigenvalue weighted by Gasteiger charge is -2.14. The van der Waals surface area contributed by atoms with Crippen molar-refractivity contribution >= 4 is 42.1 Å². The van der Waals surface area contributed by atoms with E-state index < -0.39 is 17.9 Å². The molecule has 1 amide bonds. The van der Waals surface area contributed by atoms with E-state index in [1.165, 1.54) is 11.8 Å². The molecule has 16 heavy (non-hydrogen) atoms. The molecule has 1 atom stereocenters. The monoisotopic (exact) mass is 265 g/mol. The summed E-state index contributed by atoms with van der Waals surface area (Å²) >= 11 is 5.14. The Labute approximate surface area is 104 Å². The van der Waals surface area contributed by atoms with Crippen molar-refractivity contribution in [1.82, 2.24) is 5.32 Å². The second-order valence-electron chi connectivity index (χ2n) is 2.98. The summed E-state index contributed by atoms with van der Waals surface area (Å²) in [6.07, 6.45) is -0.386. The lowest BCUT2D eigenvalue weighted by molar-refractivity contribution is -0.139. The van der Waals surface area contributed by atoms with Gasteiger partial charge >= 0.3 is 5.97 Å². The molecule has 0 radical (unpaired) electrons. The zero-order valence-corrected chi connectivity index (χ0v) is 10.6. The second kappa shape index (κ2) is 8.46. The topological polar surface area (TPSA) is 83.5 Å². The average Bonchev–Trinajstić information content (AvgIpc) is 2.24. The molecule has 0 aliphatic rings. The molecule has 0 aromatic heterocycles. The summed E-state index contributed by atoms with van der Waals surface area (Å²) < 4.78 is 0. The van der Waals surface area contributed by atoms with Crippen LogP contribution in [0.1, 0.15) is 13.3 Å². The second-order valence-corrected chi connectivity index (χ2v) is 4.57. The van der Waals surface area contributed by atoms with Crippen molar-refractivity contribution in [3.63, 3.8) is 0 Å². The minimum atomic E-state index is -1.11. The Morgan fingerprint density at radius 3 is 2.50 bits per heavy atom. The van der Waals surface area contributed by atoms with Crippen LogP contribution in [-0.2, 0) is 14.4 Å². The van der Waals surface area contributed by atoms with Crippen molar-refractivity contribution in [3.8, 4) is 0 Å². The maximum absolute atomic E-state index is 11.6. The summed E-state index contributed by atoms with van der Waals surface area (Å²) in [5.74, 6) is -0.911. The van der Waals surface area contributed by atoms with Gasteiger partial charge in [-0.25, -0.2) is 0 Å². The molecular weight excluding hydrogens is 250 g/mol. The smallest absolute Gasteiger partial charge is 0.305 e. The predicted molar refractivity (Wildman–Crippen MR) is 66.0 cm³/mol. The van der Waals surface area contributed by atoms with Crippen molar-refractivity contribution in [1.29, 1.82) is 0 Å². The Morgan fingerprint density at radius 1 is 1.44 bits per heavy atom. The molecule has 0 fully saturated rings. The molecule has 0 bridgehead atoms. The number of carboxylic acid groups (broad SMARTS) is 1. The highest BCUT2D eigenvalue weighted by molar-refractivity contribution is 7.99. The van der Waals surface area contributed by atoms with Gasteiger partial charge in [-0.15, -0.1) is 0 Å². The third-order valence-electron chi connectivity index (χ3n) is 1.69. The zero-order chi connectivity index (χ0) is 12.6. The first-order chi connectivity index (χ1) is 7.51. The highest BCUT2D eigenvalue weighted by atomic mass is 32.2. The molecule has 7 heteroatoms. The van der Waals surface area contributed by atoms with Crippen molar-refractivity contribution in [2.24, 2.45) is 0 Å². The number of nitrogens with one attached hydrogen (secondary N) is 1. The Bertz CT molecular complexity index is 270. The molecule has 0 saturated carbocycles. The molecule has 0 aromatic carbocycles. The fraction of sp³-hybridized carbons (Fsp3) is 0.667. The van der Waals surface area contributed by atoms with Crippen LogP contribution in [0.15, 0.2) is 0 Å². The number of carbonyl (C=O) groups is 3. The molecule has 0 aliphatic carbocycles. The van der Waals surface area contributed by atoms with Crippen LogP contribution >= 0.6 is 24.4 Å². The van der Waals surface area contributed by atoms with Crippen LogP contribution in [0.25, 0.3) is 0 Å². The number of thiol groups is 1. The van der Waals surface area contributed by atoms with E-state index in [-0.39, 0.29) is 23.7 Å². The molecule has 0 heterocycles. The van der Waals surface area contributed by atoms with Gasteiger partial charge in [0.1, 0.15) is 0 Å². The lowest BCUT2D eigenvalue weighted by Crippen LogP contribution is -2.43. The molecule has 5 nitrogen and oxygen atoms in total. The van der Waals surface area contributed by atoms with Gasteiger partial charge in [0.25, 0.3) is 0 Å². The van der Waals surface area contributed by atoms with Crippen LogP contribution in [0.2, 0.25) is 0 Å². The number of carboxylic acids is 1. The number of rotatable bonds is 8. The van der Waals surface area contributed by atoms with Gasteiger partial charge in [0.2, 0.25) is 5.91 Å². The van der Waals surface area contributed by atoms with Crippen LogP contribution in [-0.4, -0.2) is 46.1 Å². The maximum atomic E-state index is 11.6. The first-order valence-corrected chi connectivity index (χ1v) is 6.52. The fourth-order valence-electron chi connectivity index (χ4n) is 0.963. The molecule has 0 spiro atoms. The van der Waals surface area contributed by atoms with Gasteiger partial charge in [0, 0.05) is 0 Å². The van der Waals surface area contributed by atoms with Gasteiger partial charge in [-0.2, -0.15) is 24.4 Å². The Morgan fingerprint density at radius 2 is 2.06 bits per heavy atom. The Hall–Kier alpha value is -0.690. The van der Waals surface area contributed by atoms with Gasteiger partial charge in [0.05, 0.1) is 24.0 Å². The number of hydrogen-bond acceptors (Lipinski definition) is 5. The van der Waals surface area contributed by atoms with Crippen LogP contribution in [0.5, 0.6) is 0 Å². The van der Waals surface area contributed by atoms with E-state index in [0.29, 0.717) is 0 Å². The van der Waals surface area contributed by atoms with Gasteiger partial charge in [-0.05, 0) is 5.75 Å². The number of thioether (sulfide) groups is 1. The molecular formula is C9H15NO4S2. The van der Waals surface area contributed by atoms with Crippen molar-refractivity contribution in [2.75, 3.05) is 17.3 Å². The highest BCUT2D eigenvalue weighted by Crippen LogP contribution is 2.04. The summed E-state index contributed by atoms with van der Waals surface area (Å²) in [6.45, 7) is 1.90. The fourth-order valence-corrected chi connectivity index (χ4v) is 1.66. The van der Waals surface area contributed by atoms with Gasteiger partial charge < -0.3 is 10.4 Å². The van der Waals surface area contributed by atoms with Gasteiger partial charge in [-0.3, -0.25) is 14.4 Å². The molecule has 0 rings (SSSR count). The first-order valence-electron chi connectivity index (χ1n) is 4.73. The predicted octanol–water partition coefficient (Wildman–Crippen LogP) is 0.198. The third kappa shape index (κ3) is 6.73. The summed E-state index contributed by atoms with van der Waals surface area (Å²) in [6, 6.07) is -0.948. The summed E-state index contributed by atoms with van der Waals surface area (Å²) in [7, 11) is 0. The molecule has 0 aliphatic heterocycles. The Balaban J connectivity index is 4.34. The normalized spacial score (nSPS) is 11.9. The number of aliphatic carboxylic acids is 1. The SMILES string of the molecule is CCSCC(=O)[C@H](CC(=O)O)NC(=O)CS. The number of ketones is 1. The van der Waals surface area contributed by atoms with Crippen molar-refractivity contribution in [3.05, 3.63) is 0 Å². The lowest BCUT2D eigenvalue weighted by atomic mass is 10.1. The summed E-state index contributed by atoms with van der Waals surface area (Å²) in [5, 5.41) is 11.0. The molecule has 92 valence electrons. The maximum Gasteiger partial charge on any atom is 0.305 e. The average molecular weight is 265 g/mol. The van der Waals surface area contributed by atoms with E-state index in [9.17, 15) is 14.4 Å². The molecule has 0 aromatic rings. The minimum Gasteiger partial charge on any atom is -0.481 e. The van der Waals surface area contributed by atoms with E-state index in [2.05, 4.69) is 17.9 Å². The quantitative estimate of drug-likeness (QED) is 0.546. The number of carbonyl (C=O) groups excluding carboxylic acids is 2. The molecule has 0 unspecified atom stereocenters. The molecule has 2 N–H and O–H groups in total.